The Balaban J connectivity index is 1.63. The van der Waals surface area contributed by atoms with Crippen molar-refractivity contribution in [2.45, 2.75) is 44.8 Å². The number of amides is 1. The molecule has 2 heterocycles. The van der Waals surface area contributed by atoms with Crippen molar-refractivity contribution in [3.8, 4) is 11.3 Å². The number of fused-ring (bicyclic) bond motifs is 1. The number of nitrogens with zero attached hydrogens (tertiary/aromatic N) is 3. The molecule has 0 aliphatic heterocycles. The Morgan fingerprint density at radius 3 is 2.70 bits per heavy atom. The predicted molar refractivity (Wildman–Crippen MR) is 125 cm³/mol. The Labute approximate surface area is 189 Å². The van der Waals surface area contributed by atoms with Crippen LogP contribution in [0, 0.1) is 3.57 Å². The number of aromatic nitrogens is 3. The lowest BCUT2D eigenvalue weighted by Gasteiger charge is -2.28. The van der Waals surface area contributed by atoms with Crippen LogP contribution in [0.15, 0.2) is 36.7 Å². The van der Waals surface area contributed by atoms with Crippen LogP contribution in [-0.2, 0) is 4.74 Å². The highest BCUT2D eigenvalue weighted by atomic mass is 127. The number of carbonyl (C=O) groups excluding carboxylic acids is 1. The van der Waals surface area contributed by atoms with Crippen molar-refractivity contribution in [1.29, 1.82) is 0 Å². The van der Waals surface area contributed by atoms with Crippen LogP contribution in [0.3, 0.4) is 0 Å². The van der Waals surface area contributed by atoms with Crippen LogP contribution in [0.25, 0.3) is 22.2 Å². The Kier molecular flexibility index (Phi) is 6.43. The van der Waals surface area contributed by atoms with E-state index in [0.717, 1.165) is 46.8 Å². The van der Waals surface area contributed by atoms with Gasteiger partial charge in [0.2, 0.25) is 11.9 Å². The lowest BCUT2D eigenvalue weighted by molar-refractivity contribution is 0.0346. The first kappa shape index (κ1) is 20.9. The maximum Gasteiger partial charge on any atom is 0.249 e. The summed E-state index contributed by atoms with van der Waals surface area (Å²) >= 11 is 2.23. The van der Waals surface area contributed by atoms with Crippen LogP contribution in [-0.4, -0.2) is 39.6 Å². The fourth-order valence-corrected chi connectivity index (χ4v) is 4.52. The number of nitrogens with two attached hydrogens (primary N) is 1. The van der Waals surface area contributed by atoms with Gasteiger partial charge in [-0.15, -0.1) is 0 Å². The van der Waals surface area contributed by atoms with Crippen LogP contribution >= 0.6 is 22.6 Å². The Bertz CT molecular complexity index is 1070. The minimum atomic E-state index is -0.485. The number of anilines is 1. The fraction of sp³-hybridized carbons (Fsp3) is 0.364. The van der Waals surface area contributed by atoms with Gasteiger partial charge in [-0.1, -0.05) is 18.2 Å². The topological polar surface area (TPSA) is 103 Å². The first-order valence-electron chi connectivity index (χ1n) is 10.2. The van der Waals surface area contributed by atoms with E-state index in [4.69, 9.17) is 15.5 Å². The van der Waals surface area contributed by atoms with Crippen molar-refractivity contribution in [2.24, 2.45) is 5.73 Å². The van der Waals surface area contributed by atoms with Crippen molar-refractivity contribution in [1.82, 2.24) is 15.0 Å². The summed E-state index contributed by atoms with van der Waals surface area (Å²) in [5, 5.41) is 4.27. The van der Waals surface area contributed by atoms with Crippen molar-refractivity contribution in [3.05, 3.63) is 45.8 Å². The zero-order chi connectivity index (χ0) is 21.1. The third-order valence-electron chi connectivity index (χ3n) is 5.43. The number of primary amides is 1. The van der Waals surface area contributed by atoms with E-state index in [9.17, 15) is 4.79 Å². The van der Waals surface area contributed by atoms with Gasteiger partial charge in [-0.25, -0.2) is 9.97 Å². The number of hydrogen-bond acceptors (Lipinski definition) is 6. The summed E-state index contributed by atoms with van der Waals surface area (Å²) in [7, 11) is 0. The van der Waals surface area contributed by atoms with Gasteiger partial charge in [0, 0.05) is 41.6 Å². The number of rotatable bonds is 6. The Morgan fingerprint density at radius 2 is 1.97 bits per heavy atom. The van der Waals surface area contributed by atoms with Crippen molar-refractivity contribution < 1.29 is 9.53 Å². The smallest absolute Gasteiger partial charge is 0.249 e. The summed E-state index contributed by atoms with van der Waals surface area (Å²) in [6, 6.07) is 7.55. The molecule has 4 rings (SSSR count). The molecule has 2 aromatic heterocycles. The summed E-state index contributed by atoms with van der Waals surface area (Å²) < 4.78 is 6.66. The molecule has 3 aromatic rings. The van der Waals surface area contributed by atoms with Crippen molar-refractivity contribution in [3.63, 3.8) is 0 Å². The third-order valence-corrected chi connectivity index (χ3v) is 6.22. The summed E-state index contributed by atoms with van der Waals surface area (Å²) in [6.07, 6.45) is 8.08. The number of carbonyl (C=O) groups is 1. The largest absolute Gasteiger partial charge is 0.379 e. The molecule has 1 aliphatic carbocycles. The Hall–Kier alpha value is -2.33. The first-order valence-corrected chi connectivity index (χ1v) is 11.2. The summed E-state index contributed by atoms with van der Waals surface area (Å²) in [5.41, 5.74) is 8.14. The molecule has 1 amide bonds. The molecule has 0 unspecified atom stereocenters. The second kappa shape index (κ2) is 9.22. The van der Waals surface area contributed by atoms with E-state index in [1.54, 1.807) is 24.5 Å². The van der Waals surface area contributed by atoms with Gasteiger partial charge in [0.15, 0.2) is 0 Å². The van der Waals surface area contributed by atoms with Crippen LogP contribution in [0.1, 0.15) is 43.0 Å². The van der Waals surface area contributed by atoms with Crippen LogP contribution < -0.4 is 11.1 Å². The van der Waals surface area contributed by atoms with Crippen molar-refractivity contribution in [2.75, 3.05) is 11.9 Å². The number of nitrogens with one attached hydrogen (secondary N) is 1. The highest BCUT2D eigenvalue weighted by Gasteiger charge is 2.22. The van der Waals surface area contributed by atoms with Gasteiger partial charge in [0.1, 0.15) is 0 Å². The van der Waals surface area contributed by atoms with Gasteiger partial charge in [0.05, 0.1) is 20.9 Å². The molecule has 30 heavy (non-hydrogen) atoms. The summed E-state index contributed by atoms with van der Waals surface area (Å²) in [6.45, 7) is 2.81. The van der Waals surface area contributed by atoms with E-state index in [1.807, 2.05) is 19.1 Å². The van der Waals surface area contributed by atoms with Gasteiger partial charge >= 0.3 is 0 Å². The van der Waals surface area contributed by atoms with Crippen LogP contribution in [0.5, 0.6) is 0 Å². The van der Waals surface area contributed by atoms with Crippen LogP contribution in [0.2, 0.25) is 0 Å². The van der Waals surface area contributed by atoms with Crippen LogP contribution in [0.4, 0.5) is 5.95 Å². The molecular weight excluding hydrogens is 493 g/mol. The van der Waals surface area contributed by atoms with E-state index in [-0.39, 0.29) is 0 Å². The minimum Gasteiger partial charge on any atom is -0.379 e. The number of pyridine rings is 1. The molecule has 0 saturated heterocycles. The second-order valence-corrected chi connectivity index (χ2v) is 8.56. The van der Waals surface area contributed by atoms with E-state index in [2.05, 4.69) is 37.9 Å². The molecule has 0 atom stereocenters. The quantitative estimate of drug-likeness (QED) is 0.477. The van der Waals surface area contributed by atoms with Crippen molar-refractivity contribution >= 4 is 45.3 Å². The van der Waals surface area contributed by atoms with Gasteiger partial charge in [0.25, 0.3) is 0 Å². The number of halogens is 1. The highest BCUT2D eigenvalue weighted by Crippen LogP contribution is 2.31. The van der Waals surface area contributed by atoms with E-state index >= 15 is 0 Å². The monoisotopic (exact) mass is 517 g/mol. The molecular formula is C22H24IN5O2. The van der Waals surface area contributed by atoms with Gasteiger partial charge in [-0.2, -0.15) is 0 Å². The maximum absolute atomic E-state index is 11.9. The SMILES string of the molecule is CCOC1CCC(Nc2ncc3c(-c4ccccc4C(N)=O)ncc(I)c3n2)CC1. The Morgan fingerprint density at radius 1 is 1.20 bits per heavy atom. The lowest BCUT2D eigenvalue weighted by Crippen LogP contribution is -2.30. The lowest BCUT2D eigenvalue weighted by atomic mass is 9.93. The average molecular weight is 517 g/mol. The van der Waals surface area contributed by atoms with Gasteiger partial charge < -0.3 is 15.8 Å². The second-order valence-electron chi connectivity index (χ2n) is 7.39. The number of benzene rings is 1. The number of ether oxygens (including phenoxy) is 1. The average Bonchev–Trinajstić information content (AvgIpc) is 2.76. The molecule has 8 heteroatoms. The van der Waals surface area contributed by atoms with Gasteiger partial charge in [-0.3, -0.25) is 9.78 Å². The summed E-state index contributed by atoms with van der Waals surface area (Å²) in [5.74, 6) is 0.126. The predicted octanol–water partition coefficient (Wildman–Crippen LogP) is 4.15. The zero-order valence-electron chi connectivity index (χ0n) is 16.8. The molecule has 0 spiro atoms. The first-order chi connectivity index (χ1) is 14.6. The molecule has 0 radical (unpaired) electrons. The van der Waals surface area contributed by atoms with E-state index in [1.165, 1.54) is 0 Å². The third kappa shape index (κ3) is 4.39. The number of hydrogen-bond donors (Lipinski definition) is 2. The normalized spacial score (nSPS) is 19.0. The molecule has 1 fully saturated rings. The van der Waals surface area contributed by atoms with E-state index in [0.29, 0.717) is 34.9 Å². The fourth-order valence-electron chi connectivity index (χ4n) is 3.97. The standard InChI is InChI=1S/C22H24IN5O2/c1-2-30-14-9-7-13(8-10-14)27-22-26-11-17-19(25-12-18(23)20(17)28-22)15-5-3-4-6-16(15)21(24)29/h3-6,11-14H,2,7-10H2,1H3,(H2,24,29)(H,26,27,28). The minimum absolute atomic E-state index is 0.341. The van der Waals surface area contributed by atoms with Gasteiger partial charge in [-0.05, 0) is 61.3 Å². The molecule has 3 N–H and O–H groups in total. The maximum atomic E-state index is 11.9. The molecule has 1 saturated carbocycles. The summed E-state index contributed by atoms with van der Waals surface area (Å²) in [4.78, 5) is 25.8. The molecule has 1 aliphatic rings. The van der Waals surface area contributed by atoms with E-state index < -0.39 is 5.91 Å². The molecule has 0 bridgehead atoms. The highest BCUT2D eigenvalue weighted by molar-refractivity contribution is 14.1. The molecule has 1 aromatic carbocycles. The molecule has 7 nitrogen and oxygen atoms in total. The zero-order valence-corrected chi connectivity index (χ0v) is 18.9. The molecule has 156 valence electrons.